The van der Waals surface area contributed by atoms with Gasteiger partial charge in [-0.15, -0.1) is 0 Å². The van der Waals surface area contributed by atoms with Crippen LogP contribution in [-0.2, 0) is 5.41 Å². The Morgan fingerprint density at radius 2 is 1.57 bits per heavy atom. The largest absolute Gasteiger partial charge is 0.276 e. The average Bonchev–Trinajstić information content (AvgIpc) is 2.60. The molecule has 0 aliphatic heterocycles. The van der Waals surface area contributed by atoms with Crippen LogP contribution in [0.1, 0.15) is 93.5 Å². The summed E-state index contributed by atoms with van der Waals surface area (Å²) in [5.41, 5.74) is 3.07. The van der Waals surface area contributed by atoms with Gasteiger partial charge in [0.05, 0.1) is 0 Å². The van der Waals surface area contributed by atoms with Crippen LogP contribution in [0.5, 0.6) is 0 Å². The summed E-state index contributed by atoms with van der Waals surface area (Å²) in [4.78, 5) is 11.2. The summed E-state index contributed by atoms with van der Waals surface area (Å²) in [6.45, 7) is 2.29. The number of hydrogen-bond donors (Lipinski definition) is 0. The first kappa shape index (κ1) is 17.0. The molecule has 1 aromatic carbocycles. The number of hydrogen-bond acceptors (Lipinski definition) is 1. The Hall–Kier alpha value is -0.820. The van der Waals surface area contributed by atoms with Crippen molar-refractivity contribution in [2.75, 3.05) is 0 Å². The van der Waals surface area contributed by atoms with E-state index >= 15 is 0 Å². The molecule has 3 aliphatic rings. The van der Waals surface area contributed by atoms with Crippen molar-refractivity contribution in [3.05, 3.63) is 35.4 Å². The fourth-order valence-electron chi connectivity index (χ4n) is 4.95. The van der Waals surface area contributed by atoms with Crippen molar-refractivity contribution in [1.82, 2.24) is 0 Å². The number of unbranched alkanes of at least 4 members (excludes halogenated alkanes) is 3. The standard InChI is InChI=1S/C21H29ClO/c1-2-3-4-5-10-20-11-14-21(15-12-20,16-13-20)18-8-6-17(7-9-18)19(22)23/h6-9H,2-5,10-16H2,1H3. The van der Waals surface area contributed by atoms with E-state index < -0.39 is 0 Å². The molecule has 3 aliphatic carbocycles. The van der Waals surface area contributed by atoms with Crippen LogP contribution in [0.2, 0.25) is 0 Å². The van der Waals surface area contributed by atoms with Gasteiger partial charge in [0.15, 0.2) is 0 Å². The maximum Gasteiger partial charge on any atom is 0.252 e. The first-order chi connectivity index (χ1) is 11.1. The normalized spacial score (nSPS) is 29.7. The highest BCUT2D eigenvalue weighted by Gasteiger charge is 2.48. The molecule has 23 heavy (non-hydrogen) atoms. The SMILES string of the molecule is CCCCCCC12CCC(c3ccc(C(=O)Cl)cc3)(CC1)CC2. The van der Waals surface area contributed by atoms with Crippen LogP contribution in [0.15, 0.2) is 24.3 Å². The van der Waals surface area contributed by atoms with Gasteiger partial charge in [-0.1, -0.05) is 44.7 Å². The van der Waals surface area contributed by atoms with Crippen molar-refractivity contribution >= 4 is 16.8 Å². The van der Waals surface area contributed by atoms with Gasteiger partial charge >= 0.3 is 0 Å². The predicted molar refractivity (Wildman–Crippen MR) is 97.2 cm³/mol. The summed E-state index contributed by atoms with van der Waals surface area (Å²) >= 11 is 5.57. The van der Waals surface area contributed by atoms with E-state index in [2.05, 4.69) is 19.1 Å². The minimum absolute atomic E-state index is 0.354. The summed E-state index contributed by atoms with van der Waals surface area (Å²) in [6, 6.07) is 8.10. The van der Waals surface area contributed by atoms with Gasteiger partial charge in [-0.3, -0.25) is 4.79 Å². The van der Waals surface area contributed by atoms with Gasteiger partial charge in [-0.05, 0) is 85.1 Å². The third-order valence-electron chi connectivity index (χ3n) is 6.69. The lowest BCUT2D eigenvalue weighted by molar-refractivity contribution is 0.0304. The number of carbonyl (C=O) groups is 1. The van der Waals surface area contributed by atoms with Crippen molar-refractivity contribution in [2.45, 2.75) is 83.0 Å². The van der Waals surface area contributed by atoms with E-state index in [0.717, 1.165) is 0 Å². The molecule has 3 saturated carbocycles. The van der Waals surface area contributed by atoms with Crippen molar-refractivity contribution in [3.63, 3.8) is 0 Å². The van der Waals surface area contributed by atoms with Crippen LogP contribution in [0.3, 0.4) is 0 Å². The van der Waals surface area contributed by atoms with Crippen molar-refractivity contribution in [1.29, 1.82) is 0 Å². The van der Waals surface area contributed by atoms with E-state index in [-0.39, 0.29) is 5.24 Å². The van der Waals surface area contributed by atoms with E-state index in [0.29, 0.717) is 16.4 Å². The summed E-state index contributed by atoms with van der Waals surface area (Å²) in [7, 11) is 0. The molecular weight excluding hydrogens is 304 g/mol. The highest BCUT2D eigenvalue weighted by molar-refractivity contribution is 6.67. The van der Waals surface area contributed by atoms with Crippen LogP contribution in [-0.4, -0.2) is 5.24 Å². The van der Waals surface area contributed by atoms with Crippen LogP contribution < -0.4 is 0 Å². The lowest BCUT2D eigenvalue weighted by atomic mass is 9.51. The van der Waals surface area contributed by atoms with Crippen LogP contribution in [0, 0.1) is 5.41 Å². The Bertz CT molecular complexity index is 521. The number of benzene rings is 1. The van der Waals surface area contributed by atoms with Gasteiger partial charge in [-0.25, -0.2) is 0 Å². The molecule has 0 aromatic heterocycles. The van der Waals surface area contributed by atoms with Crippen LogP contribution in [0.25, 0.3) is 0 Å². The molecule has 0 radical (unpaired) electrons. The molecular formula is C21H29ClO. The minimum atomic E-state index is -0.354. The molecule has 1 nitrogen and oxygen atoms in total. The molecule has 0 unspecified atom stereocenters. The second-order valence-corrected chi connectivity index (χ2v) is 8.29. The quantitative estimate of drug-likeness (QED) is 0.404. The summed E-state index contributed by atoms with van der Waals surface area (Å²) in [6.07, 6.45) is 15.2. The van der Waals surface area contributed by atoms with Gasteiger partial charge < -0.3 is 0 Å². The average molecular weight is 333 g/mol. The first-order valence-electron chi connectivity index (χ1n) is 9.40. The zero-order valence-electron chi connectivity index (χ0n) is 14.4. The predicted octanol–water partition coefficient (Wildman–Crippen LogP) is 6.63. The zero-order valence-corrected chi connectivity index (χ0v) is 15.1. The molecule has 0 amide bonds. The first-order valence-corrected chi connectivity index (χ1v) is 9.77. The van der Waals surface area contributed by atoms with Gasteiger partial charge in [0.25, 0.3) is 5.24 Å². The van der Waals surface area contributed by atoms with E-state index in [9.17, 15) is 4.79 Å². The Morgan fingerprint density at radius 3 is 2.09 bits per heavy atom. The lowest BCUT2D eigenvalue weighted by Crippen LogP contribution is -2.44. The van der Waals surface area contributed by atoms with Gasteiger partial charge in [0.1, 0.15) is 0 Å². The Kier molecular flexibility index (Phi) is 5.16. The molecule has 0 saturated heterocycles. The molecule has 0 N–H and O–H groups in total. The molecule has 2 bridgehead atoms. The van der Waals surface area contributed by atoms with Crippen molar-refractivity contribution in [2.24, 2.45) is 5.41 Å². The number of carbonyl (C=O) groups excluding carboxylic acids is 1. The van der Waals surface area contributed by atoms with Gasteiger partial charge in [0, 0.05) is 5.56 Å². The lowest BCUT2D eigenvalue weighted by Gasteiger charge is -2.54. The van der Waals surface area contributed by atoms with Gasteiger partial charge in [0.2, 0.25) is 0 Å². The van der Waals surface area contributed by atoms with Crippen LogP contribution >= 0.6 is 11.6 Å². The Labute approximate surface area is 145 Å². The van der Waals surface area contributed by atoms with E-state index in [1.54, 1.807) is 0 Å². The maximum absolute atomic E-state index is 11.2. The summed E-state index contributed by atoms with van der Waals surface area (Å²) in [5.74, 6) is 0. The minimum Gasteiger partial charge on any atom is -0.276 e. The topological polar surface area (TPSA) is 17.1 Å². The Morgan fingerprint density at radius 1 is 0.957 bits per heavy atom. The smallest absolute Gasteiger partial charge is 0.252 e. The number of rotatable bonds is 7. The molecule has 0 heterocycles. The van der Waals surface area contributed by atoms with Crippen LogP contribution in [0.4, 0.5) is 0 Å². The second kappa shape index (κ2) is 6.97. The fraction of sp³-hybridized carbons (Fsp3) is 0.667. The third kappa shape index (κ3) is 3.50. The number of fused-ring (bicyclic) bond motifs is 3. The van der Waals surface area contributed by atoms with E-state index in [4.69, 9.17) is 11.6 Å². The summed E-state index contributed by atoms with van der Waals surface area (Å²) in [5, 5.41) is -0.354. The molecule has 3 fully saturated rings. The third-order valence-corrected chi connectivity index (χ3v) is 6.90. The highest BCUT2D eigenvalue weighted by Crippen LogP contribution is 2.59. The second-order valence-electron chi connectivity index (χ2n) is 7.94. The molecule has 4 rings (SSSR count). The molecule has 126 valence electrons. The molecule has 2 heteroatoms. The maximum atomic E-state index is 11.2. The molecule has 0 spiro atoms. The van der Waals surface area contributed by atoms with Gasteiger partial charge in [-0.2, -0.15) is 0 Å². The Balaban J connectivity index is 1.63. The fourth-order valence-corrected chi connectivity index (χ4v) is 5.08. The van der Waals surface area contributed by atoms with E-state index in [1.165, 1.54) is 76.2 Å². The highest BCUT2D eigenvalue weighted by atomic mass is 35.5. The number of halogens is 1. The van der Waals surface area contributed by atoms with Crippen molar-refractivity contribution < 1.29 is 4.79 Å². The van der Waals surface area contributed by atoms with E-state index in [1.807, 2.05) is 12.1 Å². The monoisotopic (exact) mass is 332 g/mol. The zero-order chi connectivity index (χ0) is 16.3. The van der Waals surface area contributed by atoms with Crippen molar-refractivity contribution in [3.8, 4) is 0 Å². The molecule has 0 atom stereocenters. The summed E-state index contributed by atoms with van der Waals surface area (Å²) < 4.78 is 0. The molecule has 1 aromatic rings.